The summed E-state index contributed by atoms with van der Waals surface area (Å²) in [5.74, 6) is -0.0535. The lowest BCUT2D eigenvalue weighted by atomic mass is 10.1. The summed E-state index contributed by atoms with van der Waals surface area (Å²) in [6.45, 7) is 1.03. The van der Waals surface area contributed by atoms with Gasteiger partial charge < -0.3 is 9.73 Å². The van der Waals surface area contributed by atoms with Gasteiger partial charge in [0, 0.05) is 29.9 Å². The minimum Gasteiger partial charge on any atom is -0.423 e. The monoisotopic (exact) mass is 426 g/mol. The van der Waals surface area contributed by atoms with E-state index in [0.717, 1.165) is 25.7 Å². The van der Waals surface area contributed by atoms with E-state index in [1.807, 2.05) is 0 Å². The molecule has 1 aromatic heterocycles. The molecule has 8 nitrogen and oxygen atoms in total. The van der Waals surface area contributed by atoms with E-state index in [4.69, 9.17) is 4.42 Å². The summed E-state index contributed by atoms with van der Waals surface area (Å²) in [5.41, 5.74) is 1.48. The lowest BCUT2D eigenvalue weighted by molar-refractivity contribution is 0.102. The Hall–Kier alpha value is -3.04. The van der Waals surface area contributed by atoms with E-state index in [0.29, 0.717) is 30.2 Å². The molecule has 1 fully saturated rings. The van der Waals surface area contributed by atoms with Crippen molar-refractivity contribution >= 4 is 21.6 Å². The molecule has 0 spiro atoms. The third kappa shape index (κ3) is 4.42. The molecule has 0 radical (unpaired) electrons. The number of benzene rings is 2. The molecular weight excluding hydrogens is 404 g/mol. The van der Waals surface area contributed by atoms with E-state index in [9.17, 15) is 13.2 Å². The van der Waals surface area contributed by atoms with Gasteiger partial charge in [-0.15, -0.1) is 10.2 Å². The van der Waals surface area contributed by atoms with Crippen LogP contribution in [0.25, 0.3) is 11.5 Å². The van der Waals surface area contributed by atoms with Gasteiger partial charge in [-0.3, -0.25) is 4.79 Å². The van der Waals surface area contributed by atoms with Gasteiger partial charge in [0.05, 0.1) is 4.90 Å². The first-order chi connectivity index (χ1) is 14.5. The maximum absolute atomic E-state index is 13.0. The molecule has 30 heavy (non-hydrogen) atoms. The van der Waals surface area contributed by atoms with Gasteiger partial charge in [0.2, 0.25) is 22.3 Å². The van der Waals surface area contributed by atoms with Crippen molar-refractivity contribution < 1.29 is 17.6 Å². The van der Waals surface area contributed by atoms with Crippen LogP contribution in [0.1, 0.15) is 36.0 Å². The minimum atomic E-state index is -3.62. The van der Waals surface area contributed by atoms with Crippen molar-refractivity contribution in [3.63, 3.8) is 0 Å². The van der Waals surface area contributed by atoms with Crippen molar-refractivity contribution in [1.82, 2.24) is 14.5 Å². The fraction of sp³-hybridized carbons (Fsp3) is 0.286. The summed E-state index contributed by atoms with van der Waals surface area (Å²) in [5, 5.41) is 10.3. The normalized spacial score (nSPS) is 15.5. The Morgan fingerprint density at radius 2 is 1.77 bits per heavy atom. The number of rotatable bonds is 5. The highest BCUT2D eigenvalue weighted by atomic mass is 32.2. The molecular formula is C21H22N4O4S. The van der Waals surface area contributed by atoms with Crippen molar-refractivity contribution in [2.45, 2.75) is 30.6 Å². The van der Waals surface area contributed by atoms with Gasteiger partial charge in [-0.05, 0) is 49.2 Å². The Kier molecular flexibility index (Phi) is 5.91. The SMILES string of the molecule is O=C(Nc1cccc(-c2nnco2)c1)c1cccc(S(=O)(=O)N2CCCCCC2)c1. The zero-order valence-corrected chi connectivity index (χ0v) is 17.1. The molecule has 1 aliphatic heterocycles. The molecule has 9 heteroatoms. The van der Waals surface area contributed by atoms with E-state index in [2.05, 4.69) is 15.5 Å². The number of hydrogen-bond acceptors (Lipinski definition) is 6. The number of nitrogens with zero attached hydrogens (tertiary/aromatic N) is 3. The van der Waals surface area contributed by atoms with Gasteiger partial charge in [-0.25, -0.2) is 8.42 Å². The molecule has 2 aromatic carbocycles. The van der Waals surface area contributed by atoms with Crippen molar-refractivity contribution in [3.05, 3.63) is 60.5 Å². The van der Waals surface area contributed by atoms with Crippen LogP contribution >= 0.6 is 0 Å². The number of aromatic nitrogens is 2. The minimum absolute atomic E-state index is 0.136. The highest BCUT2D eigenvalue weighted by molar-refractivity contribution is 7.89. The number of hydrogen-bond donors (Lipinski definition) is 1. The zero-order valence-electron chi connectivity index (χ0n) is 16.3. The summed E-state index contributed by atoms with van der Waals surface area (Å²) >= 11 is 0. The average molecular weight is 426 g/mol. The van der Waals surface area contributed by atoms with Crippen LogP contribution in [0.15, 0.2) is 64.2 Å². The van der Waals surface area contributed by atoms with Crippen molar-refractivity contribution in [2.75, 3.05) is 18.4 Å². The Labute approximate surface area is 175 Å². The van der Waals surface area contributed by atoms with Gasteiger partial charge in [0.25, 0.3) is 5.91 Å². The Bertz CT molecular complexity index is 1120. The van der Waals surface area contributed by atoms with Crippen LogP contribution in [-0.4, -0.2) is 41.9 Å². The van der Waals surface area contributed by atoms with E-state index in [-0.39, 0.29) is 10.5 Å². The topological polar surface area (TPSA) is 105 Å². The van der Waals surface area contributed by atoms with Crippen LogP contribution in [0.5, 0.6) is 0 Å². The Morgan fingerprint density at radius 1 is 1.00 bits per heavy atom. The van der Waals surface area contributed by atoms with E-state index in [1.54, 1.807) is 36.4 Å². The second-order valence-corrected chi connectivity index (χ2v) is 9.06. The summed E-state index contributed by atoms with van der Waals surface area (Å²) in [6, 6.07) is 13.1. The number of amides is 1. The Morgan fingerprint density at radius 3 is 2.50 bits per heavy atom. The maximum Gasteiger partial charge on any atom is 0.255 e. The van der Waals surface area contributed by atoms with Gasteiger partial charge in [-0.1, -0.05) is 25.0 Å². The van der Waals surface area contributed by atoms with Crippen LogP contribution in [0.3, 0.4) is 0 Å². The lowest BCUT2D eigenvalue weighted by Gasteiger charge is -2.20. The van der Waals surface area contributed by atoms with Gasteiger partial charge in [-0.2, -0.15) is 4.31 Å². The summed E-state index contributed by atoms with van der Waals surface area (Å²) in [7, 11) is -3.62. The molecule has 156 valence electrons. The number of sulfonamides is 1. The summed E-state index contributed by atoms with van der Waals surface area (Å²) < 4.78 is 32.7. The van der Waals surface area contributed by atoms with Crippen LogP contribution in [0.4, 0.5) is 5.69 Å². The third-order valence-corrected chi connectivity index (χ3v) is 6.92. The highest BCUT2D eigenvalue weighted by Crippen LogP contribution is 2.23. The number of carbonyl (C=O) groups is 1. The lowest BCUT2D eigenvalue weighted by Crippen LogP contribution is -2.32. The molecule has 1 saturated heterocycles. The van der Waals surface area contributed by atoms with Crippen LogP contribution in [-0.2, 0) is 10.0 Å². The largest absolute Gasteiger partial charge is 0.423 e. The van der Waals surface area contributed by atoms with Gasteiger partial charge in [0.1, 0.15) is 0 Å². The quantitative estimate of drug-likeness (QED) is 0.669. The summed E-state index contributed by atoms with van der Waals surface area (Å²) in [4.78, 5) is 12.9. The molecule has 0 bridgehead atoms. The molecule has 0 atom stereocenters. The Balaban J connectivity index is 1.54. The van der Waals surface area contributed by atoms with E-state index >= 15 is 0 Å². The molecule has 0 unspecified atom stereocenters. The predicted molar refractivity (Wildman–Crippen MR) is 111 cm³/mol. The van der Waals surface area contributed by atoms with E-state index < -0.39 is 15.9 Å². The molecule has 0 saturated carbocycles. The molecule has 1 N–H and O–H groups in total. The van der Waals surface area contributed by atoms with Crippen molar-refractivity contribution in [3.8, 4) is 11.5 Å². The fourth-order valence-corrected chi connectivity index (χ4v) is 5.02. The molecule has 2 heterocycles. The third-order valence-electron chi connectivity index (χ3n) is 5.03. The van der Waals surface area contributed by atoms with Gasteiger partial charge >= 0.3 is 0 Å². The second-order valence-electron chi connectivity index (χ2n) is 7.12. The maximum atomic E-state index is 13.0. The first-order valence-corrected chi connectivity index (χ1v) is 11.3. The average Bonchev–Trinajstić information content (AvgIpc) is 3.16. The highest BCUT2D eigenvalue weighted by Gasteiger charge is 2.25. The number of carbonyl (C=O) groups excluding carboxylic acids is 1. The molecule has 0 aliphatic carbocycles. The van der Waals surface area contributed by atoms with Crippen molar-refractivity contribution in [1.29, 1.82) is 0 Å². The molecule has 1 aliphatic rings. The second kappa shape index (κ2) is 8.76. The smallest absolute Gasteiger partial charge is 0.255 e. The standard InChI is InChI=1S/C21H22N4O4S/c26-20(23-18-9-5-8-17(13-18)21-24-22-15-29-21)16-7-6-10-19(14-16)30(27,28)25-11-3-1-2-4-12-25/h5-10,13-15H,1-4,11-12H2,(H,23,26). The van der Waals surface area contributed by atoms with Crippen LogP contribution in [0.2, 0.25) is 0 Å². The van der Waals surface area contributed by atoms with E-state index in [1.165, 1.54) is 22.8 Å². The number of anilines is 1. The molecule has 4 rings (SSSR count). The molecule has 1 amide bonds. The van der Waals surface area contributed by atoms with Crippen LogP contribution < -0.4 is 5.32 Å². The predicted octanol–water partition coefficient (Wildman–Crippen LogP) is 3.55. The van der Waals surface area contributed by atoms with Crippen LogP contribution in [0, 0.1) is 0 Å². The first kappa shape index (κ1) is 20.2. The fourth-order valence-electron chi connectivity index (χ4n) is 3.46. The molecule has 3 aromatic rings. The van der Waals surface area contributed by atoms with Crippen molar-refractivity contribution in [2.24, 2.45) is 0 Å². The zero-order chi connectivity index (χ0) is 21.0. The number of nitrogens with one attached hydrogen (secondary N) is 1. The first-order valence-electron chi connectivity index (χ1n) is 9.82. The summed E-state index contributed by atoms with van der Waals surface area (Å²) in [6.07, 6.45) is 5.02. The van der Waals surface area contributed by atoms with Gasteiger partial charge in [0.15, 0.2) is 0 Å².